The molecule has 0 bridgehead atoms. The van der Waals surface area contributed by atoms with Gasteiger partial charge in [-0.15, -0.1) is 0 Å². The molecule has 0 saturated heterocycles. The second-order valence-electron chi connectivity index (χ2n) is 5.44. The standard InChI is InChI=1S/C17H22N2O3/c1-5-8-19-12(2)10-14(13(19)3)16(20)11-22-17(21)15-7-6-9-18(15)4/h6-7,9-10H,5,8,11H2,1-4H3. The van der Waals surface area contributed by atoms with Gasteiger partial charge in [-0.25, -0.2) is 4.79 Å². The van der Waals surface area contributed by atoms with Crippen molar-refractivity contribution in [3.8, 4) is 0 Å². The average molecular weight is 302 g/mol. The van der Waals surface area contributed by atoms with Crippen LogP contribution in [0.3, 0.4) is 0 Å². The highest BCUT2D eigenvalue weighted by Gasteiger charge is 2.18. The highest BCUT2D eigenvalue weighted by atomic mass is 16.5. The van der Waals surface area contributed by atoms with Gasteiger partial charge < -0.3 is 13.9 Å². The molecule has 118 valence electrons. The molecule has 0 N–H and O–H groups in total. The molecule has 0 aromatic carbocycles. The fourth-order valence-corrected chi connectivity index (χ4v) is 2.61. The second kappa shape index (κ2) is 6.64. The van der Waals surface area contributed by atoms with Gasteiger partial charge in [0.05, 0.1) is 0 Å². The van der Waals surface area contributed by atoms with Crippen LogP contribution >= 0.6 is 0 Å². The maximum atomic E-state index is 12.3. The molecule has 0 aliphatic heterocycles. The second-order valence-corrected chi connectivity index (χ2v) is 5.44. The molecule has 0 aliphatic carbocycles. The summed E-state index contributed by atoms with van der Waals surface area (Å²) in [4.78, 5) is 24.2. The zero-order valence-corrected chi connectivity index (χ0v) is 13.5. The summed E-state index contributed by atoms with van der Waals surface area (Å²) >= 11 is 0. The first-order chi connectivity index (χ1) is 10.5. The number of hydrogen-bond acceptors (Lipinski definition) is 3. The molecule has 2 heterocycles. The minimum absolute atomic E-state index is 0.169. The topological polar surface area (TPSA) is 53.2 Å². The molecule has 0 amide bonds. The Bertz CT molecular complexity index is 695. The number of aryl methyl sites for hydroxylation is 2. The fraction of sp³-hybridized carbons (Fsp3) is 0.412. The van der Waals surface area contributed by atoms with Gasteiger partial charge in [0.2, 0.25) is 5.78 Å². The van der Waals surface area contributed by atoms with Crippen molar-refractivity contribution in [2.45, 2.75) is 33.7 Å². The number of esters is 1. The summed E-state index contributed by atoms with van der Waals surface area (Å²) in [6.45, 7) is 6.65. The largest absolute Gasteiger partial charge is 0.453 e. The van der Waals surface area contributed by atoms with Crippen LogP contribution in [-0.4, -0.2) is 27.5 Å². The molecule has 0 fully saturated rings. The van der Waals surface area contributed by atoms with E-state index in [1.165, 1.54) is 0 Å². The van der Waals surface area contributed by atoms with Gasteiger partial charge in [-0.3, -0.25) is 4.79 Å². The van der Waals surface area contributed by atoms with E-state index in [1.807, 2.05) is 19.9 Å². The normalized spacial score (nSPS) is 10.7. The number of rotatable bonds is 6. The van der Waals surface area contributed by atoms with Crippen molar-refractivity contribution in [2.24, 2.45) is 7.05 Å². The molecule has 5 nitrogen and oxygen atoms in total. The highest BCUT2D eigenvalue weighted by molar-refractivity contribution is 6.00. The smallest absolute Gasteiger partial charge is 0.355 e. The van der Waals surface area contributed by atoms with E-state index in [9.17, 15) is 9.59 Å². The predicted octanol–water partition coefficient (Wildman–Crippen LogP) is 2.89. The Kier molecular flexibility index (Phi) is 4.85. The first kappa shape index (κ1) is 16.1. The van der Waals surface area contributed by atoms with E-state index in [4.69, 9.17) is 4.74 Å². The lowest BCUT2D eigenvalue weighted by molar-refractivity contribution is 0.0465. The summed E-state index contributed by atoms with van der Waals surface area (Å²) in [6, 6.07) is 5.29. The van der Waals surface area contributed by atoms with Gasteiger partial charge in [-0.1, -0.05) is 6.92 Å². The number of ether oxygens (including phenoxy) is 1. The van der Waals surface area contributed by atoms with Gasteiger partial charge in [0.25, 0.3) is 0 Å². The Labute approximate surface area is 130 Å². The van der Waals surface area contributed by atoms with Crippen molar-refractivity contribution < 1.29 is 14.3 Å². The minimum atomic E-state index is -0.483. The number of aromatic nitrogens is 2. The van der Waals surface area contributed by atoms with Crippen molar-refractivity contribution in [3.63, 3.8) is 0 Å². The lowest BCUT2D eigenvalue weighted by atomic mass is 10.1. The van der Waals surface area contributed by atoms with Gasteiger partial charge in [0.1, 0.15) is 5.69 Å². The summed E-state index contributed by atoms with van der Waals surface area (Å²) in [5.41, 5.74) is 3.05. The van der Waals surface area contributed by atoms with Crippen LogP contribution in [-0.2, 0) is 18.3 Å². The van der Waals surface area contributed by atoms with Crippen molar-refractivity contribution in [2.75, 3.05) is 6.61 Å². The molecule has 2 aromatic rings. The van der Waals surface area contributed by atoms with Crippen LogP contribution in [0, 0.1) is 13.8 Å². The Balaban J connectivity index is 2.06. The van der Waals surface area contributed by atoms with Crippen molar-refractivity contribution in [1.82, 2.24) is 9.13 Å². The van der Waals surface area contributed by atoms with Gasteiger partial charge in [-0.05, 0) is 38.5 Å². The van der Waals surface area contributed by atoms with Crippen molar-refractivity contribution in [1.29, 1.82) is 0 Å². The van der Waals surface area contributed by atoms with Crippen molar-refractivity contribution in [3.05, 3.63) is 47.0 Å². The summed E-state index contributed by atoms with van der Waals surface area (Å²) in [7, 11) is 1.76. The lowest BCUT2D eigenvalue weighted by Crippen LogP contribution is -2.16. The van der Waals surface area contributed by atoms with Gasteiger partial charge in [-0.2, -0.15) is 0 Å². The third-order valence-corrected chi connectivity index (χ3v) is 3.81. The van der Waals surface area contributed by atoms with Crippen LogP contribution in [0.1, 0.15) is 45.6 Å². The van der Waals surface area contributed by atoms with E-state index in [-0.39, 0.29) is 12.4 Å². The van der Waals surface area contributed by atoms with E-state index in [0.717, 1.165) is 24.4 Å². The molecular formula is C17H22N2O3. The minimum Gasteiger partial charge on any atom is -0.453 e. The Morgan fingerprint density at radius 2 is 2.00 bits per heavy atom. The van der Waals surface area contributed by atoms with Gasteiger partial charge in [0, 0.05) is 36.7 Å². The van der Waals surface area contributed by atoms with Crippen LogP contribution < -0.4 is 0 Å². The van der Waals surface area contributed by atoms with Crippen LogP contribution in [0.15, 0.2) is 24.4 Å². The fourth-order valence-electron chi connectivity index (χ4n) is 2.61. The molecule has 0 radical (unpaired) electrons. The molecular weight excluding hydrogens is 280 g/mol. The highest BCUT2D eigenvalue weighted by Crippen LogP contribution is 2.16. The van der Waals surface area contributed by atoms with Gasteiger partial charge in [0.15, 0.2) is 6.61 Å². The molecule has 0 atom stereocenters. The molecule has 2 aromatic heterocycles. The molecule has 0 unspecified atom stereocenters. The maximum absolute atomic E-state index is 12.3. The van der Waals surface area contributed by atoms with Crippen LogP contribution in [0.2, 0.25) is 0 Å². The number of hydrogen-bond donors (Lipinski definition) is 0. The van der Waals surface area contributed by atoms with E-state index in [0.29, 0.717) is 11.3 Å². The lowest BCUT2D eigenvalue weighted by Gasteiger charge is -2.08. The van der Waals surface area contributed by atoms with Crippen LogP contribution in [0.5, 0.6) is 0 Å². The molecule has 0 aliphatic rings. The molecule has 2 rings (SSSR count). The van der Waals surface area contributed by atoms with E-state index in [2.05, 4.69) is 11.5 Å². The summed E-state index contributed by atoms with van der Waals surface area (Å²) in [6.07, 6.45) is 2.77. The Hall–Kier alpha value is -2.30. The first-order valence-electron chi connectivity index (χ1n) is 7.44. The van der Waals surface area contributed by atoms with E-state index >= 15 is 0 Å². The number of nitrogens with zero attached hydrogens (tertiary/aromatic N) is 2. The zero-order chi connectivity index (χ0) is 16.3. The van der Waals surface area contributed by atoms with Crippen LogP contribution in [0.25, 0.3) is 0 Å². The molecule has 5 heteroatoms. The third-order valence-electron chi connectivity index (χ3n) is 3.81. The first-order valence-corrected chi connectivity index (χ1v) is 7.44. The Morgan fingerprint density at radius 1 is 1.27 bits per heavy atom. The molecule has 0 saturated carbocycles. The quantitative estimate of drug-likeness (QED) is 0.609. The third kappa shape index (κ3) is 3.13. The SMILES string of the molecule is CCCn1c(C)cc(C(=O)COC(=O)c2cccn2C)c1C. The summed E-state index contributed by atoms with van der Waals surface area (Å²) in [5.74, 6) is -0.652. The predicted molar refractivity (Wildman–Crippen MR) is 84.2 cm³/mol. The summed E-state index contributed by atoms with van der Waals surface area (Å²) in [5, 5.41) is 0. The monoisotopic (exact) mass is 302 g/mol. The Morgan fingerprint density at radius 3 is 2.59 bits per heavy atom. The van der Waals surface area contributed by atoms with Crippen LogP contribution in [0.4, 0.5) is 0 Å². The summed E-state index contributed by atoms with van der Waals surface area (Å²) < 4.78 is 8.91. The average Bonchev–Trinajstić information content (AvgIpc) is 3.03. The number of Topliss-reactive ketones (excluding diaryl/α,β-unsaturated/α-hetero) is 1. The van der Waals surface area contributed by atoms with Crippen molar-refractivity contribution >= 4 is 11.8 Å². The number of carbonyl (C=O) groups is 2. The maximum Gasteiger partial charge on any atom is 0.355 e. The zero-order valence-electron chi connectivity index (χ0n) is 13.5. The van der Waals surface area contributed by atoms with E-state index < -0.39 is 5.97 Å². The number of carbonyl (C=O) groups excluding carboxylic acids is 2. The van der Waals surface area contributed by atoms with Gasteiger partial charge >= 0.3 is 5.97 Å². The van der Waals surface area contributed by atoms with E-state index in [1.54, 1.807) is 29.9 Å². The molecule has 0 spiro atoms. The molecule has 22 heavy (non-hydrogen) atoms. The number of ketones is 1.